The molecule has 0 radical (unpaired) electrons. The summed E-state index contributed by atoms with van der Waals surface area (Å²) in [6.07, 6.45) is -11.2. The molecule has 0 aromatic carbocycles. The van der Waals surface area contributed by atoms with Crippen LogP contribution in [-0.2, 0) is 0 Å². The Kier molecular flexibility index (Phi) is 7.06. The predicted octanol–water partition coefficient (Wildman–Crippen LogP) is 4.92. The molecule has 0 saturated heterocycles. The third-order valence-corrected chi connectivity index (χ3v) is 3.89. The second kappa shape index (κ2) is 7.15. The van der Waals surface area contributed by atoms with Crippen LogP contribution in [0, 0.1) is 0 Å². The van der Waals surface area contributed by atoms with Crippen molar-refractivity contribution in [2.75, 3.05) is 13.1 Å². The van der Waals surface area contributed by atoms with E-state index in [0.29, 0.717) is 12.8 Å². The smallest absolute Gasteiger partial charge is 0.357 e. The highest BCUT2D eigenvalue weighted by atomic mass is 32.2. The van der Waals surface area contributed by atoms with Crippen molar-refractivity contribution in [3.63, 3.8) is 0 Å². The van der Waals surface area contributed by atoms with Crippen molar-refractivity contribution in [2.45, 2.75) is 44.0 Å². The van der Waals surface area contributed by atoms with E-state index in [1.807, 2.05) is 0 Å². The number of alkyl halides is 7. The molecular weight excluding hydrogens is 331 g/mol. The van der Waals surface area contributed by atoms with Crippen LogP contribution in [-0.4, -0.2) is 39.7 Å². The minimum atomic E-state index is -6.09. The third kappa shape index (κ3) is 4.64. The minimum absolute atomic E-state index is 0.172. The summed E-state index contributed by atoms with van der Waals surface area (Å²) in [5.41, 5.74) is 0. The van der Waals surface area contributed by atoms with Crippen LogP contribution in [0.15, 0.2) is 0 Å². The molecule has 0 bridgehead atoms. The van der Waals surface area contributed by atoms with Crippen LogP contribution in [0.1, 0.15) is 26.7 Å². The molecule has 0 rings (SSSR count). The van der Waals surface area contributed by atoms with Crippen LogP contribution in [0.25, 0.3) is 0 Å². The SMILES string of the molecule is CCCN(CCC)C(=S)SC(F)(C(F)(F)F)C(F)(F)F. The average Bonchev–Trinajstić information content (AvgIpc) is 2.25. The largest absolute Gasteiger partial charge is 0.441 e. The maximum atomic E-state index is 13.5. The van der Waals surface area contributed by atoms with Crippen molar-refractivity contribution >= 4 is 28.3 Å². The van der Waals surface area contributed by atoms with E-state index in [9.17, 15) is 30.7 Å². The summed E-state index contributed by atoms with van der Waals surface area (Å²) < 4.78 is 87.2. The van der Waals surface area contributed by atoms with Gasteiger partial charge in [-0.15, -0.1) is 0 Å². The van der Waals surface area contributed by atoms with Gasteiger partial charge in [-0.05, 0) is 24.6 Å². The number of halogens is 7. The maximum Gasteiger partial charge on any atom is 0.441 e. The fraction of sp³-hybridized carbons (Fsp3) is 0.900. The fourth-order valence-electron chi connectivity index (χ4n) is 1.30. The van der Waals surface area contributed by atoms with Crippen LogP contribution in [0.5, 0.6) is 0 Å². The highest BCUT2D eigenvalue weighted by molar-refractivity contribution is 8.23. The van der Waals surface area contributed by atoms with Crippen LogP contribution in [0.2, 0.25) is 0 Å². The van der Waals surface area contributed by atoms with E-state index in [0.717, 1.165) is 4.90 Å². The van der Waals surface area contributed by atoms with Crippen LogP contribution < -0.4 is 0 Å². The predicted molar refractivity (Wildman–Crippen MR) is 68.3 cm³/mol. The lowest BCUT2D eigenvalue weighted by Gasteiger charge is -2.32. The molecule has 0 aliphatic rings. The van der Waals surface area contributed by atoms with Gasteiger partial charge in [0.1, 0.15) is 4.32 Å². The van der Waals surface area contributed by atoms with Crippen molar-refractivity contribution in [1.29, 1.82) is 0 Å². The van der Waals surface area contributed by atoms with Gasteiger partial charge < -0.3 is 4.90 Å². The van der Waals surface area contributed by atoms with Gasteiger partial charge in [0.15, 0.2) is 0 Å². The van der Waals surface area contributed by atoms with E-state index >= 15 is 0 Å². The summed E-state index contributed by atoms with van der Waals surface area (Å²) >= 11 is 3.53. The molecule has 0 aliphatic carbocycles. The highest BCUT2D eigenvalue weighted by Crippen LogP contribution is 2.53. The zero-order chi connectivity index (χ0) is 16.2. The lowest BCUT2D eigenvalue weighted by molar-refractivity contribution is -0.302. The molecule has 0 aliphatic heterocycles. The van der Waals surface area contributed by atoms with E-state index < -0.39 is 33.4 Å². The Hall–Kier alpha value is -0.250. The van der Waals surface area contributed by atoms with Crippen molar-refractivity contribution < 1.29 is 30.7 Å². The lowest BCUT2D eigenvalue weighted by Crippen LogP contribution is -2.52. The summed E-state index contributed by atoms with van der Waals surface area (Å²) in [5.74, 6) is 0. The number of thioether (sulfide) groups is 1. The molecule has 0 aromatic heterocycles. The van der Waals surface area contributed by atoms with Gasteiger partial charge in [-0.3, -0.25) is 0 Å². The first-order valence-corrected chi connectivity index (χ1v) is 6.93. The van der Waals surface area contributed by atoms with Gasteiger partial charge in [-0.1, -0.05) is 26.1 Å². The molecule has 20 heavy (non-hydrogen) atoms. The first-order chi connectivity index (χ1) is 8.90. The van der Waals surface area contributed by atoms with E-state index in [2.05, 4.69) is 12.2 Å². The van der Waals surface area contributed by atoms with Crippen LogP contribution >= 0.6 is 24.0 Å². The molecule has 0 heterocycles. The Labute approximate surface area is 121 Å². The molecule has 0 N–H and O–H groups in total. The quantitative estimate of drug-likeness (QED) is 0.514. The Morgan fingerprint density at radius 3 is 1.50 bits per heavy atom. The van der Waals surface area contributed by atoms with E-state index in [1.54, 1.807) is 13.8 Å². The van der Waals surface area contributed by atoms with Gasteiger partial charge in [0.25, 0.3) is 0 Å². The van der Waals surface area contributed by atoms with Crippen molar-refractivity contribution in [3.8, 4) is 0 Å². The maximum absolute atomic E-state index is 13.5. The molecular formula is C10H14F7NS2. The summed E-state index contributed by atoms with van der Waals surface area (Å²) in [7, 11) is 0. The van der Waals surface area contributed by atoms with Crippen LogP contribution in [0.4, 0.5) is 30.7 Å². The molecule has 0 saturated carbocycles. The average molecular weight is 345 g/mol. The summed E-state index contributed by atoms with van der Waals surface area (Å²) in [5, 5.41) is -5.39. The molecule has 0 unspecified atom stereocenters. The fourth-order valence-corrected chi connectivity index (χ4v) is 2.61. The second-order valence-electron chi connectivity index (χ2n) is 3.95. The molecule has 0 fully saturated rings. The molecule has 0 aromatic rings. The second-order valence-corrected chi connectivity index (χ2v) is 5.74. The first-order valence-electron chi connectivity index (χ1n) is 5.71. The summed E-state index contributed by atoms with van der Waals surface area (Å²) in [4.78, 5) is 1.14. The van der Waals surface area contributed by atoms with Gasteiger partial charge in [-0.25, -0.2) is 4.39 Å². The molecule has 10 heteroatoms. The number of thiocarbonyl (C=S) groups is 1. The van der Waals surface area contributed by atoms with E-state index in [-0.39, 0.29) is 13.1 Å². The zero-order valence-corrected chi connectivity index (χ0v) is 12.4. The molecule has 120 valence electrons. The Morgan fingerprint density at radius 2 is 1.25 bits per heavy atom. The first kappa shape index (κ1) is 19.8. The topological polar surface area (TPSA) is 3.24 Å². The minimum Gasteiger partial charge on any atom is -0.357 e. The summed E-state index contributed by atoms with van der Waals surface area (Å²) in [6.45, 7) is 3.72. The molecule has 0 spiro atoms. The van der Waals surface area contributed by atoms with Gasteiger partial charge in [0.05, 0.1) is 0 Å². The van der Waals surface area contributed by atoms with E-state index in [4.69, 9.17) is 0 Å². The van der Waals surface area contributed by atoms with Gasteiger partial charge in [0.2, 0.25) is 0 Å². The number of hydrogen-bond acceptors (Lipinski definition) is 2. The normalized spacial score (nSPS) is 13.4. The Balaban J connectivity index is 5.23. The lowest BCUT2D eigenvalue weighted by atomic mass is 10.3. The van der Waals surface area contributed by atoms with Gasteiger partial charge >= 0.3 is 17.4 Å². The van der Waals surface area contributed by atoms with Crippen molar-refractivity contribution in [3.05, 3.63) is 0 Å². The monoisotopic (exact) mass is 345 g/mol. The number of hydrogen-bond donors (Lipinski definition) is 0. The highest BCUT2D eigenvalue weighted by Gasteiger charge is 2.74. The van der Waals surface area contributed by atoms with Crippen LogP contribution in [0.3, 0.4) is 0 Å². The van der Waals surface area contributed by atoms with E-state index in [1.165, 1.54) is 0 Å². The Morgan fingerprint density at radius 1 is 0.900 bits per heavy atom. The molecule has 0 amide bonds. The summed E-state index contributed by atoms with van der Waals surface area (Å²) in [6, 6.07) is 0. The molecule has 1 nitrogen and oxygen atoms in total. The third-order valence-electron chi connectivity index (χ3n) is 2.20. The standard InChI is InChI=1S/C10H14F7NS2/c1-3-5-18(6-4-2)7(19)20-8(11,9(12,13)14)10(15,16)17/h3-6H2,1-2H3. The van der Waals surface area contributed by atoms with Crippen molar-refractivity contribution in [2.24, 2.45) is 0 Å². The van der Waals surface area contributed by atoms with Gasteiger partial charge in [-0.2, -0.15) is 26.3 Å². The Bertz CT molecular complexity index is 307. The number of nitrogens with zero attached hydrogens (tertiary/aromatic N) is 1. The van der Waals surface area contributed by atoms with Gasteiger partial charge in [0, 0.05) is 13.1 Å². The van der Waals surface area contributed by atoms with Crippen molar-refractivity contribution in [1.82, 2.24) is 4.90 Å². The zero-order valence-electron chi connectivity index (χ0n) is 10.7. The number of rotatable bonds is 5. The molecule has 0 atom stereocenters.